The predicted octanol–water partition coefficient (Wildman–Crippen LogP) is 4.94. The zero-order valence-corrected chi connectivity index (χ0v) is 15.7. The van der Waals surface area contributed by atoms with E-state index in [1.807, 2.05) is 48.6 Å². The lowest BCUT2D eigenvalue weighted by molar-refractivity contribution is -0.136. The van der Waals surface area contributed by atoms with E-state index in [9.17, 15) is 4.79 Å². The Balaban J connectivity index is 1.80. The minimum absolute atomic E-state index is 0.0689. The lowest BCUT2D eigenvalue weighted by Gasteiger charge is -2.02. The van der Waals surface area contributed by atoms with Crippen LogP contribution in [0.1, 0.15) is 37.5 Å². The van der Waals surface area contributed by atoms with Crippen molar-refractivity contribution in [2.45, 2.75) is 13.3 Å². The number of hydrogen-bond donors (Lipinski definition) is 2. The van der Waals surface area contributed by atoms with Crippen molar-refractivity contribution in [3.63, 3.8) is 0 Å². The molecule has 142 valence electrons. The van der Waals surface area contributed by atoms with Gasteiger partial charge in [0, 0.05) is 34.5 Å². The van der Waals surface area contributed by atoms with Crippen molar-refractivity contribution < 1.29 is 10.9 Å². The third kappa shape index (κ3) is 3.60. The van der Waals surface area contributed by atoms with E-state index in [0.717, 1.165) is 27.8 Å². The van der Waals surface area contributed by atoms with Crippen molar-refractivity contribution in [2.24, 2.45) is 0 Å². The van der Waals surface area contributed by atoms with E-state index in [1.165, 1.54) is 0 Å². The number of carbonyl (C=O) groups is 1. The SMILES string of the molecule is [2H]C1=C(OC(=O)CC)c2cc3nc(cc4ccc(cc5ccc(cc1n2)[nH]5)[nH]4)C=C3. The maximum absolute atomic E-state index is 11.9. The molecule has 2 aliphatic heterocycles. The average molecular weight is 383 g/mol. The topological polar surface area (TPSA) is 83.7 Å². The van der Waals surface area contributed by atoms with Gasteiger partial charge in [0.2, 0.25) is 0 Å². The molecule has 0 spiro atoms. The Hall–Kier alpha value is -3.93. The Morgan fingerprint density at radius 3 is 2.14 bits per heavy atom. The summed E-state index contributed by atoms with van der Waals surface area (Å²) in [6, 6.07) is 15.4. The Kier molecular flexibility index (Phi) is 3.83. The van der Waals surface area contributed by atoms with Crippen molar-refractivity contribution >= 4 is 52.0 Å². The van der Waals surface area contributed by atoms with Gasteiger partial charge in [-0.05, 0) is 60.7 Å². The second-order valence-electron chi connectivity index (χ2n) is 6.77. The molecule has 8 bridgehead atoms. The Morgan fingerprint density at radius 2 is 1.48 bits per heavy atom. The van der Waals surface area contributed by atoms with Gasteiger partial charge in [-0.1, -0.05) is 6.92 Å². The molecular weight excluding hydrogens is 364 g/mol. The highest BCUT2D eigenvalue weighted by Crippen LogP contribution is 2.24. The molecule has 0 aliphatic carbocycles. The predicted molar refractivity (Wildman–Crippen MR) is 114 cm³/mol. The van der Waals surface area contributed by atoms with E-state index in [1.54, 1.807) is 19.1 Å². The summed E-state index contributed by atoms with van der Waals surface area (Å²) in [7, 11) is 0. The van der Waals surface area contributed by atoms with Crippen LogP contribution in [-0.2, 0) is 9.53 Å². The first-order valence-electron chi connectivity index (χ1n) is 9.86. The standard InChI is InChI=1S/C23H18N4O2/c1-2-23(28)29-22-13-20-11-18-6-5-16(25-18)9-14-3-4-15(24-14)10-17-7-8-19(26-17)12-21(22)27-20/h3-13,24-25H,2H2,1H3/i13D. The molecule has 5 rings (SSSR count). The Bertz CT molecular complexity index is 1390. The van der Waals surface area contributed by atoms with Crippen LogP contribution < -0.4 is 0 Å². The molecule has 0 fully saturated rings. The number of ether oxygens (including phenoxy) is 1. The van der Waals surface area contributed by atoms with Gasteiger partial charge in [0.1, 0.15) is 5.69 Å². The minimum Gasteiger partial charge on any atom is -0.424 e. The molecule has 3 aromatic heterocycles. The highest BCUT2D eigenvalue weighted by molar-refractivity contribution is 5.87. The zero-order chi connectivity index (χ0) is 20.7. The van der Waals surface area contributed by atoms with E-state index >= 15 is 0 Å². The van der Waals surface area contributed by atoms with Crippen molar-refractivity contribution in [2.75, 3.05) is 0 Å². The van der Waals surface area contributed by atoms with E-state index in [2.05, 4.69) is 19.9 Å². The first kappa shape index (κ1) is 16.1. The third-order valence-electron chi connectivity index (χ3n) is 4.56. The van der Waals surface area contributed by atoms with Crippen molar-refractivity contribution in [1.29, 1.82) is 0 Å². The number of fused-ring (bicyclic) bond motifs is 8. The molecular formula is C23H18N4O2. The molecule has 2 aliphatic rings. The summed E-state index contributed by atoms with van der Waals surface area (Å²) in [6.45, 7) is 1.71. The summed E-state index contributed by atoms with van der Waals surface area (Å²) in [4.78, 5) is 27.7. The summed E-state index contributed by atoms with van der Waals surface area (Å²) in [6.07, 6.45) is 3.98. The summed E-state index contributed by atoms with van der Waals surface area (Å²) in [5, 5.41) is 0. The monoisotopic (exact) mass is 383 g/mol. The number of aromatic amines is 2. The van der Waals surface area contributed by atoms with Gasteiger partial charge in [0.15, 0.2) is 5.76 Å². The smallest absolute Gasteiger partial charge is 0.310 e. The number of rotatable bonds is 2. The normalized spacial score (nSPS) is 13.5. The number of nitrogens with zero attached hydrogens (tertiary/aromatic N) is 2. The zero-order valence-electron chi connectivity index (χ0n) is 16.7. The number of aromatic nitrogens is 4. The summed E-state index contributed by atoms with van der Waals surface area (Å²) in [5.41, 5.74) is 5.91. The molecule has 0 atom stereocenters. The van der Waals surface area contributed by atoms with Crippen LogP contribution in [0.15, 0.2) is 48.5 Å². The quantitative estimate of drug-likeness (QED) is 0.481. The minimum atomic E-state index is -0.411. The Morgan fingerprint density at radius 1 is 0.897 bits per heavy atom. The molecule has 0 radical (unpaired) electrons. The van der Waals surface area contributed by atoms with Crippen LogP contribution in [0.25, 0.3) is 46.0 Å². The Labute approximate surface area is 168 Å². The number of hydrogen-bond acceptors (Lipinski definition) is 4. The molecule has 6 heteroatoms. The molecule has 0 unspecified atom stereocenters. The van der Waals surface area contributed by atoms with E-state index < -0.39 is 5.97 Å². The molecule has 0 saturated carbocycles. The van der Waals surface area contributed by atoms with Crippen LogP contribution >= 0.6 is 0 Å². The second kappa shape index (κ2) is 6.91. The number of H-pyrrole nitrogens is 2. The highest BCUT2D eigenvalue weighted by Gasteiger charge is 2.15. The number of esters is 1. The fourth-order valence-electron chi connectivity index (χ4n) is 3.18. The molecule has 5 heterocycles. The van der Waals surface area contributed by atoms with Crippen LogP contribution in [0.3, 0.4) is 0 Å². The van der Waals surface area contributed by atoms with Crippen LogP contribution in [0, 0.1) is 0 Å². The van der Waals surface area contributed by atoms with Gasteiger partial charge in [-0.25, -0.2) is 9.97 Å². The van der Waals surface area contributed by atoms with Gasteiger partial charge in [-0.2, -0.15) is 0 Å². The summed E-state index contributed by atoms with van der Waals surface area (Å²) in [5.74, 6) is -0.260. The summed E-state index contributed by atoms with van der Waals surface area (Å²) >= 11 is 0. The van der Waals surface area contributed by atoms with Gasteiger partial charge in [-0.3, -0.25) is 4.79 Å². The average Bonchev–Trinajstić information content (AvgIpc) is 3.50. The second-order valence-corrected chi connectivity index (χ2v) is 6.77. The van der Waals surface area contributed by atoms with Gasteiger partial charge in [-0.15, -0.1) is 0 Å². The molecule has 0 amide bonds. The fraction of sp³-hybridized carbons (Fsp3) is 0.0870. The van der Waals surface area contributed by atoms with Crippen molar-refractivity contribution in [3.05, 3.63) is 71.3 Å². The third-order valence-corrected chi connectivity index (χ3v) is 4.56. The van der Waals surface area contributed by atoms with E-state index in [4.69, 9.17) is 6.11 Å². The first-order chi connectivity index (χ1) is 14.6. The molecule has 2 N–H and O–H groups in total. The molecule has 0 saturated heterocycles. The van der Waals surface area contributed by atoms with Gasteiger partial charge in [0.25, 0.3) is 0 Å². The molecule has 3 aromatic rings. The van der Waals surface area contributed by atoms with Gasteiger partial charge in [0.05, 0.1) is 18.5 Å². The van der Waals surface area contributed by atoms with Crippen LogP contribution in [-0.4, -0.2) is 25.9 Å². The maximum atomic E-state index is 11.9. The molecule has 0 aromatic carbocycles. The largest absolute Gasteiger partial charge is 0.424 e. The lowest BCUT2D eigenvalue weighted by Crippen LogP contribution is -2.00. The lowest BCUT2D eigenvalue weighted by atomic mass is 10.3. The van der Waals surface area contributed by atoms with Crippen LogP contribution in [0.2, 0.25) is 0 Å². The number of carbonyl (C=O) groups excluding carboxylic acids is 1. The van der Waals surface area contributed by atoms with Gasteiger partial charge < -0.3 is 14.7 Å². The first-order valence-corrected chi connectivity index (χ1v) is 9.36. The maximum Gasteiger partial charge on any atom is 0.310 e. The van der Waals surface area contributed by atoms with E-state index in [0.29, 0.717) is 17.1 Å². The van der Waals surface area contributed by atoms with Crippen LogP contribution in [0.5, 0.6) is 0 Å². The van der Waals surface area contributed by atoms with Gasteiger partial charge >= 0.3 is 5.97 Å². The van der Waals surface area contributed by atoms with Crippen molar-refractivity contribution in [1.82, 2.24) is 19.9 Å². The van der Waals surface area contributed by atoms with Crippen molar-refractivity contribution in [3.8, 4) is 0 Å². The molecule has 6 nitrogen and oxygen atoms in total. The fourth-order valence-corrected chi connectivity index (χ4v) is 3.18. The summed E-state index contributed by atoms with van der Waals surface area (Å²) < 4.78 is 13.9. The number of nitrogens with one attached hydrogen (secondary N) is 2. The molecule has 29 heavy (non-hydrogen) atoms. The highest BCUT2D eigenvalue weighted by atomic mass is 16.5. The van der Waals surface area contributed by atoms with Crippen LogP contribution in [0.4, 0.5) is 0 Å². The van der Waals surface area contributed by atoms with E-state index in [-0.39, 0.29) is 18.2 Å².